The molecule has 0 aliphatic heterocycles. The van der Waals surface area contributed by atoms with Crippen LogP contribution in [0.25, 0.3) is 0 Å². The second kappa shape index (κ2) is 4.05. The molecule has 0 unspecified atom stereocenters. The molecule has 0 amide bonds. The van der Waals surface area contributed by atoms with Gasteiger partial charge in [0.2, 0.25) is 0 Å². The lowest BCUT2D eigenvalue weighted by Gasteiger charge is -2.16. The van der Waals surface area contributed by atoms with E-state index in [4.69, 9.17) is 10.2 Å². The Bertz CT molecular complexity index is 292. The summed E-state index contributed by atoms with van der Waals surface area (Å²) in [5.41, 5.74) is 2.05. The molecule has 3 nitrogen and oxygen atoms in total. The lowest BCUT2D eigenvalue weighted by Crippen LogP contribution is -2.25. The van der Waals surface area contributed by atoms with E-state index in [0.29, 0.717) is 5.84 Å². The number of nitrogens with one attached hydrogen (secondary N) is 1. The molecular formula is C10H14N2O. The number of amidine groups is 1. The van der Waals surface area contributed by atoms with Crippen LogP contribution >= 0.6 is 0 Å². The van der Waals surface area contributed by atoms with E-state index in [1.807, 2.05) is 31.2 Å². The predicted octanol–water partition coefficient (Wildman–Crippen LogP) is 1.81. The van der Waals surface area contributed by atoms with Crippen molar-refractivity contribution in [1.82, 2.24) is 5.06 Å². The molecule has 1 aromatic rings. The first-order valence-corrected chi connectivity index (χ1v) is 4.08. The van der Waals surface area contributed by atoms with Gasteiger partial charge in [0.05, 0.1) is 7.11 Å². The van der Waals surface area contributed by atoms with Crippen LogP contribution in [0.5, 0.6) is 0 Å². The smallest absolute Gasteiger partial charge is 0.151 e. The zero-order valence-electron chi connectivity index (χ0n) is 8.16. The molecule has 0 aliphatic carbocycles. The van der Waals surface area contributed by atoms with Gasteiger partial charge in [-0.3, -0.25) is 10.2 Å². The lowest BCUT2D eigenvalue weighted by molar-refractivity contribution is -0.0418. The molecule has 0 spiro atoms. The first-order valence-electron chi connectivity index (χ1n) is 4.08. The highest BCUT2D eigenvalue weighted by atomic mass is 16.7. The highest BCUT2D eigenvalue weighted by Gasteiger charge is 2.05. The van der Waals surface area contributed by atoms with Gasteiger partial charge in [-0.25, -0.2) is 5.06 Å². The SMILES string of the molecule is CON(C)C(=N)c1ccc(C)cc1. The van der Waals surface area contributed by atoms with Crippen LogP contribution in [0.3, 0.4) is 0 Å². The number of nitrogens with zero attached hydrogens (tertiary/aromatic N) is 1. The normalized spacial score (nSPS) is 9.77. The van der Waals surface area contributed by atoms with Crippen LogP contribution < -0.4 is 0 Å². The Balaban J connectivity index is 2.83. The third-order valence-corrected chi connectivity index (χ3v) is 1.91. The van der Waals surface area contributed by atoms with E-state index in [1.165, 1.54) is 10.6 Å². The number of benzene rings is 1. The summed E-state index contributed by atoms with van der Waals surface area (Å²) in [5, 5.41) is 9.13. The molecular weight excluding hydrogens is 164 g/mol. The molecule has 1 aromatic carbocycles. The van der Waals surface area contributed by atoms with Crippen molar-refractivity contribution in [3.63, 3.8) is 0 Å². The molecule has 0 fully saturated rings. The summed E-state index contributed by atoms with van der Waals surface area (Å²) >= 11 is 0. The maximum absolute atomic E-state index is 7.71. The van der Waals surface area contributed by atoms with E-state index in [9.17, 15) is 0 Å². The first kappa shape index (κ1) is 9.74. The minimum Gasteiger partial charge on any atom is -0.282 e. The molecule has 13 heavy (non-hydrogen) atoms. The van der Waals surface area contributed by atoms with E-state index in [2.05, 4.69) is 0 Å². The molecule has 0 bridgehead atoms. The van der Waals surface area contributed by atoms with E-state index in [1.54, 1.807) is 14.2 Å². The van der Waals surface area contributed by atoms with Crippen molar-refractivity contribution in [3.05, 3.63) is 35.4 Å². The van der Waals surface area contributed by atoms with Crippen LogP contribution in [-0.4, -0.2) is 25.1 Å². The van der Waals surface area contributed by atoms with Gasteiger partial charge in [0.25, 0.3) is 0 Å². The van der Waals surface area contributed by atoms with Crippen molar-refractivity contribution >= 4 is 5.84 Å². The molecule has 0 aromatic heterocycles. The Morgan fingerprint density at radius 3 is 2.31 bits per heavy atom. The maximum Gasteiger partial charge on any atom is 0.151 e. The highest BCUT2D eigenvalue weighted by molar-refractivity contribution is 5.95. The molecule has 0 radical (unpaired) electrons. The third-order valence-electron chi connectivity index (χ3n) is 1.91. The largest absolute Gasteiger partial charge is 0.282 e. The van der Waals surface area contributed by atoms with Gasteiger partial charge in [0, 0.05) is 12.6 Å². The van der Waals surface area contributed by atoms with E-state index < -0.39 is 0 Å². The molecule has 0 atom stereocenters. The summed E-state index contributed by atoms with van der Waals surface area (Å²) in [6.07, 6.45) is 0. The first-order chi connectivity index (χ1) is 6.15. The van der Waals surface area contributed by atoms with E-state index >= 15 is 0 Å². The Labute approximate surface area is 78.4 Å². The molecule has 1 N–H and O–H groups in total. The van der Waals surface area contributed by atoms with Crippen molar-refractivity contribution in [1.29, 1.82) is 5.41 Å². The Morgan fingerprint density at radius 2 is 1.85 bits per heavy atom. The number of rotatable bonds is 2. The average Bonchev–Trinajstić information content (AvgIpc) is 2.17. The zero-order valence-corrected chi connectivity index (χ0v) is 8.16. The van der Waals surface area contributed by atoms with Crippen LogP contribution in [0, 0.1) is 12.3 Å². The highest BCUT2D eigenvalue weighted by Crippen LogP contribution is 2.05. The van der Waals surface area contributed by atoms with Crippen molar-refractivity contribution in [3.8, 4) is 0 Å². The zero-order chi connectivity index (χ0) is 9.84. The van der Waals surface area contributed by atoms with Crippen molar-refractivity contribution < 1.29 is 4.84 Å². The van der Waals surface area contributed by atoms with E-state index in [-0.39, 0.29) is 0 Å². The number of hydroxylamine groups is 2. The summed E-state index contributed by atoms with van der Waals surface area (Å²) in [5.74, 6) is 0.363. The fraction of sp³-hybridized carbons (Fsp3) is 0.300. The topological polar surface area (TPSA) is 36.3 Å². The summed E-state index contributed by atoms with van der Waals surface area (Å²) in [7, 11) is 3.25. The summed E-state index contributed by atoms with van der Waals surface area (Å²) in [6.45, 7) is 2.02. The molecule has 3 heteroatoms. The fourth-order valence-corrected chi connectivity index (χ4v) is 0.985. The van der Waals surface area contributed by atoms with Crippen molar-refractivity contribution in [2.45, 2.75) is 6.92 Å². The van der Waals surface area contributed by atoms with Gasteiger partial charge in [0.15, 0.2) is 5.84 Å². The Hall–Kier alpha value is -1.35. The van der Waals surface area contributed by atoms with Crippen molar-refractivity contribution in [2.24, 2.45) is 0 Å². The summed E-state index contributed by atoms with van der Waals surface area (Å²) < 4.78 is 0. The van der Waals surface area contributed by atoms with Gasteiger partial charge >= 0.3 is 0 Å². The minimum absolute atomic E-state index is 0.363. The summed E-state index contributed by atoms with van der Waals surface area (Å²) in [4.78, 5) is 4.91. The fourth-order valence-electron chi connectivity index (χ4n) is 0.985. The summed E-state index contributed by atoms with van der Waals surface area (Å²) in [6, 6.07) is 7.78. The van der Waals surface area contributed by atoms with Crippen LogP contribution in [0.1, 0.15) is 11.1 Å². The molecule has 0 saturated carbocycles. The van der Waals surface area contributed by atoms with Gasteiger partial charge in [0.1, 0.15) is 0 Å². The third kappa shape index (κ3) is 2.29. The van der Waals surface area contributed by atoms with Crippen molar-refractivity contribution in [2.75, 3.05) is 14.2 Å². The van der Waals surface area contributed by atoms with E-state index in [0.717, 1.165) is 5.56 Å². The number of hydrogen-bond donors (Lipinski definition) is 1. The van der Waals surface area contributed by atoms with Gasteiger partial charge in [-0.05, 0) is 6.92 Å². The van der Waals surface area contributed by atoms with Gasteiger partial charge in [-0.15, -0.1) is 0 Å². The predicted molar refractivity (Wildman–Crippen MR) is 52.8 cm³/mol. The number of aryl methyl sites for hydroxylation is 1. The quantitative estimate of drug-likeness (QED) is 0.426. The second-order valence-corrected chi connectivity index (χ2v) is 2.89. The maximum atomic E-state index is 7.71. The van der Waals surface area contributed by atoms with Gasteiger partial charge < -0.3 is 0 Å². The average molecular weight is 178 g/mol. The van der Waals surface area contributed by atoms with Crippen LogP contribution in [0.15, 0.2) is 24.3 Å². The standard InChI is InChI=1S/C10H14N2O/c1-8-4-6-9(7-5-8)10(11)12(2)13-3/h4-7,11H,1-3H3. The minimum atomic E-state index is 0.363. The molecule has 0 saturated heterocycles. The van der Waals surface area contributed by atoms with Crippen LogP contribution in [0.2, 0.25) is 0 Å². The van der Waals surface area contributed by atoms with Gasteiger partial charge in [-0.2, -0.15) is 0 Å². The van der Waals surface area contributed by atoms with Crippen LogP contribution in [-0.2, 0) is 4.84 Å². The van der Waals surface area contributed by atoms with Crippen LogP contribution in [0.4, 0.5) is 0 Å². The number of hydrogen-bond acceptors (Lipinski definition) is 2. The Kier molecular flexibility index (Phi) is 3.03. The van der Waals surface area contributed by atoms with Gasteiger partial charge in [-0.1, -0.05) is 29.8 Å². The Morgan fingerprint density at radius 1 is 1.31 bits per heavy atom. The molecule has 70 valence electrons. The monoisotopic (exact) mass is 178 g/mol. The second-order valence-electron chi connectivity index (χ2n) is 2.89. The molecule has 0 heterocycles. The molecule has 1 rings (SSSR count). The molecule has 0 aliphatic rings. The lowest BCUT2D eigenvalue weighted by atomic mass is 10.1.